The Hall–Kier alpha value is -0.750. The zero-order valence-electron chi connectivity index (χ0n) is 11.7. The van der Waals surface area contributed by atoms with Crippen LogP contribution in [-0.4, -0.2) is 72.4 Å². The van der Waals surface area contributed by atoms with Gasteiger partial charge in [0.25, 0.3) is 0 Å². The molecule has 0 aromatic rings. The Labute approximate surface area is 119 Å². The molecule has 0 radical (unpaired) electrons. The minimum Gasteiger partial charge on any atom is -0.347 e. The second-order valence-electron chi connectivity index (χ2n) is 5.34. The van der Waals surface area contributed by atoms with E-state index < -0.39 is 5.91 Å². The van der Waals surface area contributed by atoms with Crippen molar-refractivity contribution < 1.29 is 9.59 Å². The number of likely N-dealkylation sites (tertiary alicyclic amines) is 1. The molecule has 2 rings (SSSR count). The van der Waals surface area contributed by atoms with Crippen LogP contribution < -0.4 is 5.32 Å². The van der Waals surface area contributed by atoms with Gasteiger partial charge >= 0.3 is 11.8 Å². The van der Waals surface area contributed by atoms with Crippen LogP contribution in [0, 0.1) is 0 Å². The van der Waals surface area contributed by atoms with Gasteiger partial charge in [-0.3, -0.25) is 14.5 Å². The second-order valence-corrected chi connectivity index (χ2v) is 6.32. The van der Waals surface area contributed by atoms with Crippen LogP contribution in [0.15, 0.2) is 0 Å². The van der Waals surface area contributed by atoms with E-state index in [9.17, 15) is 9.59 Å². The van der Waals surface area contributed by atoms with Crippen LogP contribution in [0.2, 0.25) is 0 Å². The van der Waals surface area contributed by atoms with E-state index in [2.05, 4.69) is 17.3 Å². The number of nitrogens with zero attached hydrogens (tertiary/aromatic N) is 2. The number of fused-ring (bicyclic) bond motifs is 2. The van der Waals surface area contributed by atoms with E-state index in [1.807, 2.05) is 6.26 Å². The largest absolute Gasteiger partial charge is 0.347 e. The summed E-state index contributed by atoms with van der Waals surface area (Å²) >= 11 is 1.66. The molecule has 0 saturated carbocycles. The van der Waals surface area contributed by atoms with Gasteiger partial charge in [0.05, 0.1) is 0 Å². The first kappa shape index (κ1) is 14.7. The van der Waals surface area contributed by atoms with Gasteiger partial charge in [-0.1, -0.05) is 0 Å². The Bertz CT molecular complexity index is 351. The summed E-state index contributed by atoms with van der Waals surface area (Å²) < 4.78 is 0. The van der Waals surface area contributed by atoms with Crippen molar-refractivity contribution >= 4 is 23.6 Å². The summed E-state index contributed by atoms with van der Waals surface area (Å²) in [6, 6.07) is 1.01. The molecular weight excluding hydrogens is 262 g/mol. The quantitative estimate of drug-likeness (QED) is 0.593. The van der Waals surface area contributed by atoms with Crippen molar-refractivity contribution in [3.63, 3.8) is 0 Å². The maximum absolute atomic E-state index is 12.1. The standard InChI is InChI=1S/C13H23N3O2S/c1-15-10-3-4-11(15)9-16(7-5-10)13(18)12(17)14-6-8-19-2/h10-11H,3-9H2,1-2H3,(H,14,17)/t10-,11+/m1/s1. The Morgan fingerprint density at radius 2 is 2.00 bits per heavy atom. The number of nitrogens with one attached hydrogen (secondary N) is 1. The van der Waals surface area contributed by atoms with Crippen LogP contribution in [0.25, 0.3) is 0 Å². The van der Waals surface area contributed by atoms with E-state index in [4.69, 9.17) is 0 Å². The first-order chi connectivity index (χ1) is 9.13. The second kappa shape index (κ2) is 6.61. The molecule has 0 aromatic heterocycles. The molecule has 2 saturated heterocycles. The van der Waals surface area contributed by atoms with Gasteiger partial charge in [-0.05, 0) is 32.6 Å². The molecule has 2 bridgehead atoms. The summed E-state index contributed by atoms with van der Waals surface area (Å²) in [6.45, 7) is 1.97. The first-order valence-corrected chi connectivity index (χ1v) is 8.31. The molecule has 0 spiro atoms. The Morgan fingerprint density at radius 3 is 2.74 bits per heavy atom. The summed E-state index contributed by atoms with van der Waals surface area (Å²) in [4.78, 5) is 28.0. The van der Waals surface area contributed by atoms with Gasteiger partial charge < -0.3 is 10.2 Å². The minimum atomic E-state index is -0.450. The van der Waals surface area contributed by atoms with Crippen molar-refractivity contribution in [2.24, 2.45) is 0 Å². The van der Waals surface area contributed by atoms with E-state index >= 15 is 0 Å². The highest BCUT2D eigenvalue weighted by Crippen LogP contribution is 2.28. The van der Waals surface area contributed by atoms with Crippen LogP contribution in [-0.2, 0) is 9.59 Å². The van der Waals surface area contributed by atoms with E-state index in [0.29, 0.717) is 31.7 Å². The highest BCUT2D eigenvalue weighted by atomic mass is 32.2. The van der Waals surface area contributed by atoms with Crippen molar-refractivity contribution in [3.05, 3.63) is 0 Å². The average Bonchev–Trinajstić information content (AvgIpc) is 2.63. The van der Waals surface area contributed by atoms with Crippen molar-refractivity contribution in [1.29, 1.82) is 0 Å². The minimum absolute atomic E-state index is 0.359. The molecule has 2 fully saturated rings. The lowest BCUT2D eigenvalue weighted by Crippen LogP contribution is -2.47. The molecule has 19 heavy (non-hydrogen) atoms. The fourth-order valence-electron chi connectivity index (χ4n) is 2.98. The van der Waals surface area contributed by atoms with Gasteiger partial charge in [-0.2, -0.15) is 11.8 Å². The number of amides is 2. The lowest BCUT2D eigenvalue weighted by Gasteiger charge is -2.25. The third-order valence-electron chi connectivity index (χ3n) is 4.22. The summed E-state index contributed by atoms with van der Waals surface area (Å²) in [7, 11) is 2.13. The molecule has 2 amide bonds. The summed E-state index contributed by atoms with van der Waals surface area (Å²) in [5, 5.41) is 2.69. The highest BCUT2D eigenvalue weighted by Gasteiger charge is 2.37. The maximum atomic E-state index is 12.1. The molecule has 2 atom stereocenters. The molecule has 0 aromatic carbocycles. The van der Waals surface area contributed by atoms with E-state index in [-0.39, 0.29) is 5.91 Å². The Balaban J connectivity index is 1.87. The van der Waals surface area contributed by atoms with Crippen LogP contribution in [0.3, 0.4) is 0 Å². The zero-order valence-corrected chi connectivity index (χ0v) is 12.5. The monoisotopic (exact) mass is 285 g/mol. The van der Waals surface area contributed by atoms with Gasteiger partial charge in [0, 0.05) is 37.5 Å². The molecule has 1 N–H and O–H groups in total. The van der Waals surface area contributed by atoms with Crippen molar-refractivity contribution in [2.75, 3.05) is 38.7 Å². The van der Waals surface area contributed by atoms with E-state index in [1.54, 1.807) is 16.7 Å². The molecular formula is C13H23N3O2S. The summed E-state index contributed by atoms with van der Waals surface area (Å²) in [5.41, 5.74) is 0. The molecule has 2 heterocycles. The van der Waals surface area contributed by atoms with Gasteiger partial charge in [-0.25, -0.2) is 0 Å². The van der Waals surface area contributed by atoms with Crippen LogP contribution >= 0.6 is 11.8 Å². The van der Waals surface area contributed by atoms with E-state index in [1.165, 1.54) is 6.42 Å². The van der Waals surface area contributed by atoms with Crippen molar-refractivity contribution in [2.45, 2.75) is 31.3 Å². The molecule has 5 nitrogen and oxygen atoms in total. The van der Waals surface area contributed by atoms with Crippen LogP contribution in [0.4, 0.5) is 0 Å². The lowest BCUT2D eigenvalue weighted by atomic mass is 10.1. The SMILES string of the molecule is CSCCNC(=O)C(=O)N1CC[C@H]2CC[C@@H](C1)N2C. The predicted molar refractivity (Wildman–Crippen MR) is 77.2 cm³/mol. The number of hydrogen-bond acceptors (Lipinski definition) is 4. The van der Waals surface area contributed by atoms with E-state index in [0.717, 1.165) is 18.6 Å². The lowest BCUT2D eigenvalue weighted by molar-refractivity contribution is -0.146. The zero-order chi connectivity index (χ0) is 13.8. The predicted octanol–water partition coefficient (Wildman–Crippen LogP) is 0.161. The molecule has 108 valence electrons. The molecule has 2 aliphatic rings. The smallest absolute Gasteiger partial charge is 0.311 e. The number of carbonyl (C=O) groups excluding carboxylic acids is 2. The number of likely N-dealkylation sites (N-methyl/N-ethyl adjacent to an activating group) is 1. The van der Waals surface area contributed by atoms with Crippen LogP contribution in [0.5, 0.6) is 0 Å². The van der Waals surface area contributed by atoms with Crippen LogP contribution in [0.1, 0.15) is 19.3 Å². The third kappa shape index (κ3) is 3.42. The third-order valence-corrected chi connectivity index (χ3v) is 4.83. The first-order valence-electron chi connectivity index (χ1n) is 6.91. The maximum Gasteiger partial charge on any atom is 0.311 e. The molecule has 6 heteroatoms. The number of rotatable bonds is 3. The fraction of sp³-hybridized carbons (Fsp3) is 0.846. The van der Waals surface area contributed by atoms with Gasteiger partial charge in [-0.15, -0.1) is 0 Å². The number of carbonyl (C=O) groups is 2. The topological polar surface area (TPSA) is 52.7 Å². The number of hydrogen-bond donors (Lipinski definition) is 1. The van der Waals surface area contributed by atoms with Crippen molar-refractivity contribution in [1.82, 2.24) is 15.1 Å². The van der Waals surface area contributed by atoms with Gasteiger partial charge in [0.15, 0.2) is 0 Å². The fourth-order valence-corrected chi connectivity index (χ4v) is 3.29. The number of thioether (sulfide) groups is 1. The normalized spacial score (nSPS) is 27.2. The molecule has 0 aliphatic carbocycles. The molecule has 2 aliphatic heterocycles. The average molecular weight is 285 g/mol. The highest BCUT2D eigenvalue weighted by molar-refractivity contribution is 7.98. The summed E-state index contributed by atoms with van der Waals surface area (Å²) in [6.07, 6.45) is 5.33. The Kier molecular flexibility index (Phi) is 5.10. The van der Waals surface area contributed by atoms with Gasteiger partial charge in [0.2, 0.25) is 0 Å². The van der Waals surface area contributed by atoms with Crippen molar-refractivity contribution in [3.8, 4) is 0 Å². The summed E-state index contributed by atoms with van der Waals surface area (Å²) in [5.74, 6) is 0.0310. The molecule has 0 unspecified atom stereocenters. The van der Waals surface area contributed by atoms with Gasteiger partial charge in [0.1, 0.15) is 0 Å². The Morgan fingerprint density at radius 1 is 1.26 bits per heavy atom.